The summed E-state index contributed by atoms with van der Waals surface area (Å²) in [6.07, 6.45) is 3.24. The van der Waals surface area contributed by atoms with Gasteiger partial charge in [-0.2, -0.15) is 4.98 Å². The lowest BCUT2D eigenvalue weighted by molar-refractivity contribution is 0.0801. The Labute approximate surface area is 194 Å². The van der Waals surface area contributed by atoms with Crippen LogP contribution >= 0.6 is 0 Å². The summed E-state index contributed by atoms with van der Waals surface area (Å²) in [5.74, 6) is 2.42. The number of rotatable bonds is 11. The summed E-state index contributed by atoms with van der Waals surface area (Å²) < 4.78 is 11.1. The minimum Gasteiger partial charge on any atom is -0.478 e. The molecule has 0 aromatic carbocycles. The van der Waals surface area contributed by atoms with Gasteiger partial charge in [-0.05, 0) is 49.7 Å². The molecule has 1 aliphatic heterocycles. The van der Waals surface area contributed by atoms with Crippen LogP contribution in [0.3, 0.4) is 0 Å². The molecular weight excluding hydrogens is 426 g/mol. The molecule has 10 heteroatoms. The molecule has 3 rings (SSSR count). The number of anilines is 1. The first-order valence-electron chi connectivity index (χ1n) is 11.6. The van der Waals surface area contributed by atoms with Gasteiger partial charge in [0, 0.05) is 31.6 Å². The van der Waals surface area contributed by atoms with Crippen molar-refractivity contribution in [1.82, 2.24) is 20.4 Å². The molecule has 10 nitrogen and oxygen atoms in total. The molecule has 0 aliphatic carbocycles. The van der Waals surface area contributed by atoms with E-state index in [9.17, 15) is 9.90 Å². The molecule has 0 spiro atoms. The maximum atomic E-state index is 12.2. The highest BCUT2D eigenvalue weighted by Crippen LogP contribution is 2.25. The van der Waals surface area contributed by atoms with E-state index in [1.165, 1.54) is 0 Å². The van der Waals surface area contributed by atoms with Crippen LogP contribution in [0, 0.1) is 12.8 Å². The van der Waals surface area contributed by atoms with Crippen LogP contribution in [0.25, 0.3) is 0 Å². The molecule has 0 radical (unpaired) electrons. The van der Waals surface area contributed by atoms with Gasteiger partial charge in [0.2, 0.25) is 11.8 Å². The molecule has 2 aromatic rings. The summed E-state index contributed by atoms with van der Waals surface area (Å²) in [7, 11) is 0. The molecule has 1 amide bonds. The van der Waals surface area contributed by atoms with Crippen LogP contribution in [-0.2, 0) is 0 Å². The molecule has 1 fully saturated rings. The van der Waals surface area contributed by atoms with Gasteiger partial charge in [0.1, 0.15) is 0 Å². The van der Waals surface area contributed by atoms with Crippen molar-refractivity contribution in [2.45, 2.75) is 58.5 Å². The molecule has 33 heavy (non-hydrogen) atoms. The van der Waals surface area contributed by atoms with Crippen LogP contribution in [0.4, 0.5) is 5.95 Å². The Hall–Kier alpha value is -2.72. The number of pyridine rings is 1. The van der Waals surface area contributed by atoms with Crippen molar-refractivity contribution in [3.05, 3.63) is 29.3 Å². The smallest absolute Gasteiger partial charge is 0.266 e. The van der Waals surface area contributed by atoms with Gasteiger partial charge in [-0.15, -0.1) is 0 Å². The number of nitrogens with one attached hydrogen (secondary N) is 1. The van der Waals surface area contributed by atoms with Crippen LogP contribution in [0.2, 0.25) is 0 Å². The number of carbonyl (C=O) groups excluding carboxylic acids is 1. The second-order valence-corrected chi connectivity index (χ2v) is 8.84. The normalized spacial score (nSPS) is 15.6. The van der Waals surface area contributed by atoms with Gasteiger partial charge in [0.25, 0.3) is 11.9 Å². The van der Waals surface area contributed by atoms with Crippen molar-refractivity contribution < 1.29 is 24.3 Å². The van der Waals surface area contributed by atoms with Gasteiger partial charge < -0.3 is 29.7 Å². The molecule has 182 valence electrons. The van der Waals surface area contributed by atoms with E-state index >= 15 is 0 Å². The lowest BCUT2D eigenvalue weighted by atomic mass is 9.92. The summed E-state index contributed by atoms with van der Waals surface area (Å²) in [5, 5.41) is 24.9. The highest BCUT2D eigenvalue weighted by Gasteiger charge is 2.23. The maximum absolute atomic E-state index is 12.2. The number of aromatic nitrogens is 3. The molecule has 3 heterocycles. The third-order valence-electron chi connectivity index (χ3n) is 5.84. The van der Waals surface area contributed by atoms with Crippen molar-refractivity contribution >= 4 is 11.9 Å². The lowest BCUT2D eigenvalue weighted by Crippen LogP contribution is -2.34. The molecule has 1 atom stereocenters. The van der Waals surface area contributed by atoms with Crippen LogP contribution < -0.4 is 15.0 Å². The fraction of sp³-hybridized carbons (Fsp3) is 0.652. The zero-order valence-electron chi connectivity index (χ0n) is 19.7. The SMILES string of the molecule is Cc1nc(OCCCC2CCN(c3noc(C(C)C)n3)CC2)ccc1C(=O)NCC(O)CO. The van der Waals surface area contributed by atoms with E-state index < -0.39 is 12.7 Å². The summed E-state index contributed by atoms with van der Waals surface area (Å²) in [4.78, 5) is 23.2. The predicted octanol–water partition coefficient (Wildman–Crippen LogP) is 2.06. The van der Waals surface area contributed by atoms with E-state index in [1.807, 2.05) is 13.8 Å². The number of ether oxygens (including phenoxy) is 1. The summed E-state index contributed by atoms with van der Waals surface area (Å²) in [5.41, 5.74) is 0.972. The number of aliphatic hydroxyl groups excluding tert-OH is 2. The Morgan fingerprint density at radius 2 is 2.06 bits per heavy atom. The molecule has 1 saturated heterocycles. The van der Waals surface area contributed by atoms with Crippen molar-refractivity contribution in [1.29, 1.82) is 0 Å². The van der Waals surface area contributed by atoms with Gasteiger partial charge in [-0.3, -0.25) is 4.79 Å². The Kier molecular flexibility index (Phi) is 9.02. The molecular formula is C23H35N5O5. The van der Waals surface area contributed by atoms with Crippen molar-refractivity contribution in [2.75, 3.05) is 37.7 Å². The molecule has 1 unspecified atom stereocenters. The van der Waals surface area contributed by atoms with Gasteiger partial charge in [-0.25, -0.2) is 4.98 Å². The van der Waals surface area contributed by atoms with Crippen molar-refractivity contribution in [3.63, 3.8) is 0 Å². The van der Waals surface area contributed by atoms with Gasteiger partial charge in [0.15, 0.2) is 0 Å². The first-order valence-corrected chi connectivity index (χ1v) is 11.6. The fourth-order valence-electron chi connectivity index (χ4n) is 3.79. The van der Waals surface area contributed by atoms with Crippen LogP contribution in [0.15, 0.2) is 16.7 Å². The van der Waals surface area contributed by atoms with E-state index in [4.69, 9.17) is 14.4 Å². The second kappa shape index (κ2) is 11.9. The number of hydrogen-bond acceptors (Lipinski definition) is 9. The van der Waals surface area contributed by atoms with Crippen molar-refractivity contribution in [2.24, 2.45) is 5.92 Å². The van der Waals surface area contributed by atoms with Gasteiger partial charge in [0.05, 0.1) is 30.6 Å². The van der Waals surface area contributed by atoms with E-state index in [-0.39, 0.29) is 18.4 Å². The number of aliphatic hydroxyl groups is 2. The van der Waals surface area contributed by atoms with E-state index in [2.05, 4.69) is 25.3 Å². The summed E-state index contributed by atoms with van der Waals surface area (Å²) in [6.45, 7) is 7.85. The molecule has 0 bridgehead atoms. The Bertz CT molecular complexity index is 895. The number of amides is 1. The number of hydrogen-bond donors (Lipinski definition) is 3. The maximum Gasteiger partial charge on any atom is 0.266 e. The minimum absolute atomic E-state index is 0.0139. The summed E-state index contributed by atoms with van der Waals surface area (Å²) in [6, 6.07) is 3.34. The lowest BCUT2D eigenvalue weighted by Gasteiger charge is -2.30. The monoisotopic (exact) mass is 461 g/mol. The topological polar surface area (TPSA) is 134 Å². The van der Waals surface area contributed by atoms with Gasteiger partial charge in [-0.1, -0.05) is 13.8 Å². The van der Waals surface area contributed by atoms with Gasteiger partial charge >= 0.3 is 0 Å². The average Bonchev–Trinajstić information content (AvgIpc) is 3.31. The average molecular weight is 462 g/mol. The molecule has 1 aliphatic rings. The van der Waals surface area contributed by atoms with E-state index in [1.54, 1.807) is 19.1 Å². The second-order valence-electron chi connectivity index (χ2n) is 8.84. The Morgan fingerprint density at radius 3 is 2.70 bits per heavy atom. The highest BCUT2D eigenvalue weighted by atomic mass is 16.5. The summed E-state index contributed by atoms with van der Waals surface area (Å²) >= 11 is 0. The number of piperidine rings is 1. The van der Waals surface area contributed by atoms with Crippen LogP contribution in [0.1, 0.15) is 67.4 Å². The number of nitrogens with zero attached hydrogens (tertiary/aromatic N) is 4. The predicted molar refractivity (Wildman–Crippen MR) is 122 cm³/mol. The Morgan fingerprint density at radius 1 is 1.30 bits per heavy atom. The Balaban J connectivity index is 1.36. The molecule has 3 N–H and O–H groups in total. The largest absolute Gasteiger partial charge is 0.478 e. The number of aryl methyl sites for hydroxylation is 1. The fourth-order valence-corrected chi connectivity index (χ4v) is 3.79. The number of carbonyl (C=O) groups is 1. The van der Waals surface area contributed by atoms with E-state index in [0.717, 1.165) is 38.8 Å². The van der Waals surface area contributed by atoms with Crippen molar-refractivity contribution in [3.8, 4) is 5.88 Å². The minimum atomic E-state index is -0.978. The van der Waals surface area contributed by atoms with Crippen LogP contribution in [0.5, 0.6) is 5.88 Å². The van der Waals surface area contributed by atoms with E-state index in [0.29, 0.717) is 41.5 Å². The first kappa shape index (κ1) is 24.9. The quantitative estimate of drug-likeness (QED) is 0.430. The standard InChI is InChI=1S/C23H35N5O5/c1-15(2)22-26-23(27-33-22)28-10-8-17(9-11-28)5-4-12-32-20-7-6-19(16(3)25-20)21(31)24-13-18(30)14-29/h6-7,15,17-18,29-30H,4-5,8-14H2,1-3H3,(H,24,31). The zero-order chi connectivity index (χ0) is 23.8. The third kappa shape index (κ3) is 7.13. The third-order valence-corrected chi connectivity index (χ3v) is 5.84. The molecule has 0 saturated carbocycles. The molecule has 2 aromatic heterocycles. The first-order chi connectivity index (χ1) is 15.9. The van der Waals surface area contributed by atoms with Crippen LogP contribution in [-0.4, -0.2) is 70.2 Å². The highest BCUT2D eigenvalue weighted by molar-refractivity contribution is 5.95. The zero-order valence-corrected chi connectivity index (χ0v) is 19.7.